The van der Waals surface area contributed by atoms with E-state index < -0.39 is 16.1 Å². The molecule has 0 aliphatic carbocycles. The highest BCUT2D eigenvalue weighted by Crippen LogP contribution is 2.33. The molecular weight excluding hydrogens is 418 g/mol. The minimum Gasteiger partial charge on any atom is -0.286 e. The predicted octanol–water partition coefficient (Wildman–Crippen LogP) is 4.79. The number of aryl methyl sites for hydroxylation is 1. The summed E-state index contributed by atoms with van der Waals surface area (Å²) in [5, 5.41) is 1.65. The van der Waals surface area contributed by atoms with Crippen LogP contribution in [0, 0.1) is 6.92 Å². The molecule has 0 saturated heterocycles. The van der Waals surface area contributed by atoms with E-state index in [2.05, 4.69) is 16.3 Å². The second-order valence-electron chi connectivity index (χ2n) is 5.66. The first-order valence-electron chi connectivity index (χ1n) is 8.19. The van der Waals surface area contributed by atoms with E-state index >= 15 is 0 Å². The van der Waals surface area contributed by atoms with Crippen LogP contribution in [0.15, 0.2) is 60.0 Å². The Hall–Kier alpha value is -2.42. The number of urea groups is 1. The lowest BCUT2D eigenvalue weighted by atomic mass is 10.1. The van der Waals surface area contributed by atoms with E-state index in [1.165, 1.54) is 47.5 Å². The quantitative estimate of drug-likeness (QED) is 0.659. The Morgan fingerprint density at radius 1 is 1.32 bits per heavy atom. The maximum Gasteiger partial charge on any atom is 0.336 e. The van der Waals surface area contributed by atoms with Crippen LogP contribution < -0.4 is 9.62 Å². The number of hydrogen-bond donors (Lipinski definition) is 1. The smallest absolute Gasteiger partial charge is 0.286 e. The van der Waals surface area contributed by atoms with Gasteiger partial charge in [0.05, 0.1) is 9.90 Å². The average Bonchev–Trinajstić information content (AvgIpc) is 3.03. The summed E-state index contributed by atoms with van der Waals surface area (Å²) in [5.41, 5.74) is 1.27. The van der Waals surface area contributed by atoms with Gasteiger partial charge < -0.3 is 0 Å². The SMILES string of the molecule is C=C/C(=C\C=C/C)c1nc(C)sc1N(C)C(=O)NS(=O)(=O)c1ccc(Cl)cc1. The molecule has 6 nitrogen and oxygen atoms in total. The Balaban J connectivity index is 2.33. The number of carbonyl (C=O) groups excluding carboxylic acids is 1. The van der Waals surface area contributed by atoms with Crippen LogP contribution in [0.2, 0.25) is 5.02 Å². The van der Waals surface area contributed by atoms with Gasteiger partial charge in [-0.2, -0.15) is 0 Å². The second-order valence-corrected chi connectivity index (χ2v) is 8.96. The molecule has 0 saturated carbocycles. The van der Waals surface area contributed by atoms with Crippen molar-refractivity contribution in [2.24, 2.45) is 0 Å². The third-order valence-electron chi connectivity index (χ3n) is 3.63. The number of nitrogens with one attached hydrogen (secondary N) is 1. The molecule has 0 fully saturated rings. The molecule has 0 unspecified atom stereocenters. The maximum atomic E-state index is 12.6. The summed E-state index contributed by atoms with van der Waals surface area (Å²) < 4.78 is 27.0. The lowest BCUT2D eigenvalue weighted by Crippen LogP contribution is -2.40. The van der Waals surface area contributed by atoms with E-state index in [-0.39, 0.29) is 4.90 Å². The number of sulfonamides is 1. The first-order valence-corrected chi connectivity index (χ1v) is 10.9. The fraction of sp³-hybridized carbons (Fsp3) is 0.158. The molecule has 0 bridgehead atoms. The lowest BCUT2D eigenvalue weighted by Gasteiger charge is -2.17. The van der Waals surface area contributed by atoms with Gasteiger partial charge in [-0.05, 0) is 38.1 Å². The van der Waals surface area contributed by atoms with Gasteiger partial charge in [-0.25, -0.2) is 22.9 Å². The zero-order valence-corrected chi connectivity index (χ0v) is 18.0. The molecule has 9 heteroatoms. The van der Waals surface area contributed by atoms with Crippen molar-refractivity contribution in [1.29, 1.82) is 0 Å². The van der Waals surface area contributed by atoms with Crippen molar-refractivity contribution in [2.45, 2.75) is 18.7 Å². The molecule has 0 aliphatic heterocycles. The highest BCUT2D eigenvalue weighted by atomic mass is 35.5. The minimum atomic E-state index is -4.04. The van der Waals surface area contributed by atoms with Crippen molar-refractivity contribution in [3.8, 4) is 0 Å². The highest BCUT2D eigenvalue weighted by Gasteiger charge is 2.24. The van der Waals surface area contributed by atoms with Gasteiger partial charge in [-0.1, -0.05) is 42.5 Å². The predicted molar refractivity (Wildman–Crippen MR) is 115 cm³/mol. The van der Waals surface area contributed by atoms with Crippen molar-refractivity contribution in [3.05, 3.63) is 70.9 Å². The topological polar surface area (TPSA) is 79.4 Å². The molecule has 2 amide bonds. The van der Waals surface area contributed by atoms with E-state index in [4.69, 9.17) is 11.6 Å². The highest BCUT2D eigenvalue weighted by molar-refractivity contribution is 7.90. The van der Waals surface area contributed by atoms with Crippen LogP contribution in [0.3, 0.4) is 0 Å². The van der Waals surface area contributed by atoms with E-state index in [0.29, 0.717) is 15.7 Å². The molecule has 1 heterocycles. The fourth-order valence-electron chi connectivity index (χ4n) is 2.22. The number of thiazole rings is 1. The van der Waals surface area contributed by atoms with Crippen LogP contribution in [0.4, 0.5) is 9.80 Å². The van der Waals surface area contributed by atoms with Gasteiger partial charge in [0.25, 0.3) is 10.0 Å². The Bertz CT molecular complexity index is 1040. The molecule has 0 radical (unpaired) electrons. The fourth-order valence-corrected chi connectivity index (χ4v) is 4.23. The number of anilines is 1. The molecule has 0 aliphatic rings. The van der Waals surface area contributed by atoms with Crippen LogP contribution >= 0.6 is 22.9 Å². The van der Waals surface area contributed by atoms with E-state index in [9.17, 15) is 13.2 Å². The van der Waals surface area contributed by atoms with Crippen molar-refractivity contribution in [3.63, 3.8) is 0 Å². The van der Waals surface area contributed by atoms with E-state index in [0.717, 1.165) is 10.6 Å². The van der Waals surface area contributed by atoms with Crippen LogP contribution in [0.1, 0.15) is 17.6 Å². The number of halogens is 1. The Morgan fingerprint density at radius 3 is 2.54 bits per heavy atom. The van der Waals surface area contributed by atoms with Gasteiger partial charge in [-0.15, -0.1) is 11.3 Å². The zero-order chi connectivity index (χ0) is 20.9. The molecule has 2 rings (SSSR count). The molecule has 1 aromatic heterocycles. The number of benzene rings is 1. The molecule has 28 heavy (non-hydrogen) atoms. The largest absolute Gasteiger partial charge is 0.336 e. The first-order chi connectivity index (χ1) is 13.2. The summed E-state index contributed by atoms with van der Waals surface area (Å²) >= 11 is 7.06. The second kappa shape index (κ2) is 9.18. The van der Waals surface area contributed by atoms with Gasteiger partial charge in [0.2, 0.25) is 0 Å². The molecular formula is C19H20ClN3O3S2. The minimum absolute atomic E-state index is 0.0564. The molecule has 148 valence electrons. The van der Waals surface area contributed by atoms with E-state index in [1.807, 2.05) is 32.1 Å². The standard InChI is InChI=1S/C19H20ClN3O3S2/c1-5-7-8-14(6-2)17-18(27-13(3)21-17)23(4)19(24)22-28(25,26)16-11-9-15(20)10-12-16/h5-12H,2H2,1,3-4H3,(H,22,24)/b7-5-,14-8+. The van der Waals surface area contributed by atoms with Gasteiger partial charge in [0.1, 0.15) is 10.7 Å². The van der Waals surface area contributed by atoms with Gasteiger partial charge in [-0.3, -0.25) is 4.90 Å². The summed E-state index contributed by atoms with van der Waals surface area (Å²) in [6.45, 7) is 7.48. The Morgan fingerprint density at radius 2 is 1.96 bits per heavy atom. The molecule has 1 N–H and O–H groups in total. The van der Waals surface area contributed by atoms with Crippen LogP contribution in [-0.2, 0) is 10.0 Å². The van der Waals surface area contributed by atoms with Crippen LogP contribution in [0.5, 0.6) is 0 Å². The van der Waals surface area contributed by atoms with Crippen LogP contribution in [-0.4, -0.2) is 26.5 Å². The summed E-state index contributed by atoms with van der Waals surface area (Å²) in [7, 11) is -2.55. The zero-order valence-electron chi connectivity index (χ0n) is 15.6. The lowest BCUT2D eigenvalue weighted by molar-refractivity contribution is 0.252. The summed E-state index contributed by atoms with van der Waals surface area (Å²) in [5.74, 6) is 0. The van der Waals surface area contributed by atoms with Crippen molar-refractivity contribution < 1.29 is 13.2 Å². The number of aromatic nitrogens is 1. The molecule has 0 atom stereocenters. The number of hydrogen-bond acceptors (Lipinski definition) is 5. The number of nitrogens with zero attached hydrogens (tertiary/aromatic N) is 2. The first kappa shape index (κ1) is 21.9. The van der Waals surface area contributed by atoms with Crippen molar-refractivity contribution >= 4 is 49.6 Å². The average molecular weight is 438 g/mol. The molecule has 1 aromatic carbocycles. The maximum absolute atomic E-state index is 12.6. The summed E-state index contributed by atoms with van der Waals surface area (Å²) in [6.07, 6.45) is 7.15. The van der Waals surface area contributed by atoms with Gasteiger partial charge >= 0.3 is 6.03 Å². The third kappa shape index (κ3) is 5.09. The monoisotopic (exact) mass is 437 g/mol. The third-order valence-corrected chi connectivity index (χ3v) is 6.27. The molecule has 0 spiro atoms. The number of allylic oxidation sites excluding steroid dienone is 5. The summed E-state index contributed by atoms with van der Waals surface area (Å²) in [6, 6.07) is 4.75. The van der Waals surface area contributed by atoms with Gasteiger partial charge in [0.15, 0.2) is 0 Å². The summed E-state index contributed by atoms with van der Waals surface area (Å²) in [4.78, 5) is 18.2. The van der Waals surface area contributed by atoms with E-state index in [1.54, 1.807) is 6.08 Å². The number of carbonyl (C=O) groups is 1. The number of rotatable bonds is 6. The Labute approximate surface area is 173 Å². The van der Waals surface area contributed by atoms with Crippen molar-refractivity contribution in [2.75, 3.05) is 11.9 Å². The van der Waals surface area contributed by atoms with Crippen molar-refractivity contribution in [1.82, 2.24) is 9.71 Å². The van der Waals surface area contributed by atoms with Crippen LogP contribution in [0.25, 0.3) is 5.57 Å². The molecule has 2 aromatic rings. The number of amides is 2. The van der Waals surface area contributed by atoms with Gasteiger partial charge in [0, 0.05) is 17.6 Å². The normalized spacial score (nSPS) is 12.2. The Kier molecular flexibility index (Phi) is 7.17.